The van der Waals surface area contributed by atoms with E-state index in [0.717, 1.165) is 5.56 Å². The molecule has 0 bridgehead atoms. The van der Waals surface area contributed by atoms with Crippen molar-refractivity contribution in [2.75, 3.05) is 6.54 Å². The van der Waals surface area contributed by atoms with Crippen molar-refractivity contribution < 1.29 is 5.11 Å². The van der Waals surface area contributed by atoms with Gasteiger partial charge < -0.3 is 16.6 Å². The van der Waals surface area contributed by atoms with E-state index in [4.69, 9.17) is 28.2 Å². The van der Waals surface area contributed by atoms with Gasteiger partial charge in [0.05, 0.1) is 5.02 Å². The van der Waals surface area contributed by atoms with Gasteiger partial charge in [0.2, 0.25) is 0 Å². The molecule has 0 heterocycles. The Balaban J connectivity index is 2.84. The van der Waals surface area contributed by atoms with Gasteiger partial charge in [0.1, 0.15) is 5.75 Å². The predicted molar refractivity (Wildman–Crippen MR) is 53.7 cm³/mol. The van der Waals surface area contributed by atoms with E-state index in [0.29, 0.717) is 18.0 Å². The van der Waals surface area contributed by atoms with Crippen molar-refractivity contribution in [2.24, 2.45) is 11.5 Å². The molecule has 0 saturated heterocycles. The maximum atomic E-state index is 9.16. The van der Waals surface area contributed by atoms with Crippen molar-refractivity contribution in [1.82, 2.24) is 0 Å². The maximum Gasteiger partial charge on any atom is 0.134 e. The highest BCUT2D eigenvalue weighted by molar-refractivity contribution is 6.32. The van der Waals surface area contributed by atoms with E-state index in [1.165, 1.54) is 6.07 Å². The average molecular weight is 201 g/mol. The van der Waals surface area contributed by atoms with Gasteiger partial charge in [-0.15, -0.1) is 0 Å². The number of halogens is 1. The Labute approximate surface area is 82.3 Å². The molecule has 1 aromatic rings. The van der Waals surface area contributed by atoms with E-state index in [9.17, 15) is 0 Å². The van der Waals surface area contributed by atoms with Gasteiger partial charge in [-0.25, -0.2) is 0 Å². The summed E-state index contributed by atoms with van der Waals surface area (Å²) in [5.41, 5.74) is 12.1. The van der Waals surface area contributed by atoms with E-state index < -0.39 is 0 Å². The SMILES string of the molecule is NCC[C@@H](N)c1ccc(O)c(Cl)c1. The summed E-state index contributed by atoms with van der Waals surface area (Å²) in [6.07, 6.45) is 0.709. The van der Waals surface area contributed by atoms with Crippen molar-refractivity contribution in [1.29, 1.82) is 0 Å². The maximum absolute atomic E-state index is 9.16. The van der Waals surface area contributed by atoms with Gasteiger partial charge in [0.15, 0.2) is 0 Å². The number of hydrogen-bond acceptors (Lipinski definition) is 3. The Morgan fingerprint density at radius 2 is 2.15 bits per heavy atom. The summed E-state index contributed by atoms with van der Waals surface area (Å²) in [7, 11) is 0. The first-order valence-electron chi connectivity index (χ1n) is 4.09. The van der Waals surface area contributed by atoms with Crippen molar-refractivity contribution in [3.05, 3.63) is 28.8 Å². The molecule has 0 saturated carbocycles. The zero-order valence-electron chi connectivity index (χ0n) is 7.20. The van der Waals surface area contributed by atoms with Crippen molar-refractivity contribution >= 4 is 11.6 Å². The molecule has 0 aliphatic rings. The zero-order valence-corrected chi connectivity index (χ0v) is 7.96. The Kier molecular flexibility index (Phi) is 3.54. The molecule has 5 N–H and O–H groups in total. The Morgan fingerprint density at radius 3 is 2.69 bits per heavy atom. The molecule has 13 heavy (non-hydrogen) atoms. The van der Waals surface area contributed by atoms with Crippen LogP contribution in [0.1, 0.15) is 18.0 Å². The normalized spacial score (nSPS) is 12.8. The summed E-state index contributed by atoms with van der Waals surface area (Å²) < 4.78 is 0. The lowest BCUT2D eigenvalue weighted by atomic mass is 10.0. The molecule has 4 heteroatoms. The summed E-state index contributed by atoms with van der Waals surface area (Å²) in [5.74, 6) is 0.0744. The molecule has 1 atom stereocenters. The van der Waals surface area contributed by atoms with Crippen LogP contribution in [0.3, 0.4) is 0 Å². The molecule has 72 valence electrons. The standard InChI is InChI=1S/C9H13ClN2O/c10-7-5-6(1-2-9(7)13)8(12)3-4-11/h1-2,5,8,13H,3-4,11-12H2/t8-/m1/s1. The summed E-state index contributed by atoms with van der Waals surface area (Å²) in [4.78, 5) is 0. The lowest BCUT2D eigenvalue weighted by Gasteiger charge is -2.10. The van der Waals surface area contributed by atoms with Crippen LogP contribution in [-0.4, -0.2) is 11.7 Å². The molecule has 0 unspecified atom stereocenters. The Morgan fingerprint density at radius 1 is 1.46 bits per heavy atom. The van der Waals surface area contributed by atoms with Crippen LogP contribution in [0.25, 0.3) is 0 Å². The minimum absolute atomic E-state index is 0.0744. The topological polar surface area (TPSA) is 72.3 Å². The lowest BCUT2D eigenvalue weighted by Crippen LogP contribution is -2.15. The number of nitrogens with two attached hydrogens (primary N) is 2. The second-order valence-electron chi connectivity index (χ2n) is 2.89. The third-order valence-electron chi connectivity index (χ3n) is 1.88. The van der Waals surface area contributed by atoms with Gasteiger partial charge in [0, 0.05) is 6.04 Å². The quantitative estimate of drug-likeness (QED) is 0.691. The molecule has 0 spiro atoms. The third kappa shape index (κ3) is 2.59. The molecular formula is C9H13ClN2O. The third-order valence-corrected chi connectivity index (χ3v) is 2.18. The minimum Gasteiger partial charge on any atom is -0.506 e. The molecule has 0 radical (unpaired) electrons. The van der Waals surface area contributed by atoms with E-state index in [1.807, 2.05) is 0 Å². The number of benzene rings is 1. The van der Waals surface area contributed by atoms with Crippen LogP contribution in [-0.2, 0) is 0 Å². The van der Waals surface area contributed by atoms with Crippen molar-refractivity contribution in [3.63, 3.8) is 0 Å². The minimum atomic E-state index is -0.108. The average Bonchev–Trinajstić information content (AvgIpc) is 2.10. The van der Waals surface area contributed by atoms with Gasteiger partial charge in [-0.2, -0.15) is 0 Å². The first kappa shape index (κ1) is 10.3. The second-order valence-corrected chi connectivity index (χ2v) is 3.30. The molecule has 0 aliphatic heterocycles. The van der Waals surface area contributed by atoms with Crippen LogP contribution < -0.4 is 11.5 Å². The van der Waals surface area contributed by atoms with E-state index in [-0.39, 0.29) is 11.8 Å². The van der Waals surface area contributed by atoms with Gasteiger partial charge in [-0.05, 0) is 30.7 Å². The number of phenolic OH excluding ortho intramolecular Hbond substituents is 1. The molecule has 3 nitrogen and oxygen atoms in total. The molecule has 0 amide bonds. The molecule has 0 fully saturated rings. The summed E-state index contributed by atoms with van der Waals surface area (Å²) in [5, 5.41) is 9.48. The van der Waals surface area contributed by atoms with Gasteiger partial charge in [0.25, 0.3) is 0 Å². The van der Waals surface area contributed by atoms with Gasteiger partial charge in [-0.1, -0.05) is 17.7 Å². The summed E-state index contributed by atoms with van der Waals surface area (Å²) in [6, 6.07) is 4.84. The summed E-state index contributed by atoms with van der Waals surface area (Å²) in [6.45, 7) is 0.541. The van der Waals surface area contributed by atoms with Crippen LogP contribution in [0.15, 0.2) is 18.2 Å². The molecule has 0 aliphatic carbocycles. The number of phenols is 1. The van der Waals surface area contributed by atoms with E-state index in [1.54, 1.807) is 12.1 Å². The molecule has 1 aromatic carbocycles. The molecule has 0 aromatic heterocycles. The number of hydrogen-bond donors (Lipinski definition) is 3. The number of aromatic hydroxyl groups is 1. The van der Waals surface area contributed by atoms with Crippen LogP contribution >= 0.6 is 11.6 Å². The first-order chi connectivity index (χ1) is 6.15. The lowest BCUT2D eigenvalue weighted by molar-refractivity contribution is 0.475. The summed E-state index contributed by atoms with van der Waals surface area (Å²) >= 11 is 5.72. The smallest absolute Gasteiger partial charge is 0.134 e. The molecular weight excluding hydrogens is 188 g/mol. The zero-order chi connectivity index (χ0) is 9.84. The van der Waals surface area contributed by atoms with Crippen LogP contribution in [0, 0.1) is 0 Å². The highest BCUT2D eigenvalue weighted by atomic mass is 35.5. The monoisotopic (exact) mass is 200 g/mol. The fourth-order valence-corrected chi connectivity index (χ4v) is 1.29. The van der Waals surface area contributed by atoms with Gasteiger partial charge >= 0.3 is 0 Å². The first-order valence-corrected chi connectivity index (χ1v) is 4.47. The second kappa shape index (κ2) is 4.46. The number of rotatable bonds is 3. The fourth-order valence-electron chi connectivity index (χ4n) is 1.10. The predicted octanol–water partition coefficient (Wildman–Crippen LogP) is 1.39. The van der Waals surface area contributed by atoms with Crippen LogP contribution in [0.5, 0.6) is 5.75 Å². The van der Waals surface area contributed by atoms with Crippen molar-refractivity contribution in [3.8, 4) is 5.75 Å². The van der Waals surface area contributed by atoms with E-state index >= 15 is 0 Å². The molecule has 1 rings (SSSR count). The largest absolute Gasteiger partial charge is 0.506 e. The highest BCUT2D eigenvalue weighted by Crippen LogP contribution is 2.26. The van der Waals surface area contributed by atoms with E-state index in [2.05, 4.69) is 0 Å². The highest BCUT2D eigenvalue weighted by Gasteiger charge is 2.06. The Bertz CT molecular complexity index is 291. The fraction of sp³-hybridized carbons (Fsp3) is 0.333. The van der Waals surface area contributed by atoms with Crippen molar-refractivity contribution in [2.45, 2.75) is 12.5 Å². The Hall–Kier alpha value is -0.770. The van der Waals surface area contributed by atoms with Crippen LogP contribution in [0.4, 0.5) is 0 Å². The van der Waals surface area contributed by atoms with Crippen LogP contribution in [0.2, 0.25) is 5.02 Å². The van der Waals surface area contributed by atoms with Gasteiger partial charge in [-0.3, -0.25) is 0 Å².